The lowest BCUT2D eigenvalue weighted by Gasteiger charge is -2.12. The lowest BCUT2D eigenvalue weighted by atomic mass is 10.1. The van der Waals surface area contributed by atoms with Gasteiger partial charge < -0.3 is 10.1 Å². The summed E-state index contributed by atoms with van der Waals surface area (Å²) in [6.07, 6.45) is 2.38. The van der Waals surface area contributed by atoms with Gasteiger partial charge in [0.15, 0.2) is 0 Å². The second-order valence-corrected chi connectivity index (χ2v) is 6.67. The van der Waals surface area contributed by atoms with Crippen LogP contribution < -0.4 is 10.1 Å². The van der Waals surface area contributed by atoms with Crippen molar-refractivity contribution in [3.8, 4) is 17.1 Å². The SMILES string of the molecule is COc1cc(-c2cc3n(n2)CC[C@@H]3NC(=O)c2cc(F)cc(Cl)c2)ccn1. The summed E-state index contributed by atoms with van der Waals surface area (Å²) in [6.45, 7) is 0.687. The summed E-state index contributed by atoms with van der Waals surface area (Å²) in [7, 11) is 1.56. The largest absolute Gasteiger partial charge is 0.481 e. The summed E-state index contributed by atoms with van der Waals surface area (Å²) < 4.78 is 20.5. The Bertz CT molecular complexity index is 1000. The molecule has 4 rings (SSSR count). The van der Waals surface area contributed by atoms with Crippen molar-refractivity contribution < 1.29 is 13.9 Å². The van der Waals surface area contributed by atoms with Gasteiger partial charge >= 0.3 is 0 Å². The number of fused-ring (bicyclic) bond motifs is 1. The van der Waals surface area contributed by atoms with Gasteiger partial charge in [0.25, 0.3) is 5.91 Å². The normalized spacial score (nSPS) is 15.4. The van der Waals surface area contributed by atoms with Gasteiger partial charge in [-0.2, -0.15) is 5.10 Å². The summed E-state index contributed by atoms with van der Waals surface area (Å²) in [5.74, 6) is -0.408. The van der Waals surface area contributed by atoms with Gasteiger partial charge in [0, 0.05) is 35.0 Å². The van der Waals surface area contributed by atoms with E-state index in [1.807, 2.05) is 16.8 Å². The van der Waals surface area contributed by atoms with Crippen LogP contribution in [0.4, 0.5) is 4.39 Å². The van der Waals surface area contributed by atoms with Crippen LogP contribution in [0.1, 0.15) is 28.5 Å². The first-order chi connectivity index (χ1) is 13.0. The van der Waals surface area contributed by atoms with Gasteiger partial charge in [0.1, 0.15) is 5.82 Å². The molecule has 1 amide bonds. The molecule has 8 heteroatoms. The summed E-state index contributed by atoms with van der Waals surface area (Å²) in [5.41, 5.74) is 2.75. The van der Waals surface area contributed by atoms with E-state index in [2.05, 4.69) is 15.4 Å². The number of carbonyl (C=O) groups is 1. The molecule has 0 saturated carbocycles. The van der Waals surface area contributed by atoms with Gasteiger partial charge in [0.05, 0.1) is 24.5 Å². The second-order valence-electron chi connectivity index (χ2n) is 6.24. The highest BCUT2D eigenvalue weighted by Crippen LogP contribution is 2.31. The number of nitrogens with zero attached hydrogens (tertiary/aromatic N) is 3. The van der Waals surface area contributed by atoms with E-state index in [9.17, 15) is 9.18 Å². The van der Waals surface area contributed by atoms with Crippen molar-refractivity contribution in [1.82, 2.24) is 20.1 Å². The van der Waals surface area contributed by atoms with Crippen molar-refractivity contribution in [1.29, 1.82) is 0 Å². The molecule has 0 aliphatic carbocycles. The van der Waals surface area contributed by atoms with E-state index in [0.717, 1.165) is 29.4 Å². The maximum absolute atomic E-state index is 13.5. The van der Waals surface area contributed by atoms with Gasteiger partial charge in [-0.25, -0.2) is 9.37 Å². The Morgan fingerprint density at radius 2 is 2.19 bits per heavy atom. The Balaban J connectivity index is 1.56. The van der Waals surface area contributed by atoms with Crippen LogP contribution in [0.3, 0.4) is 0 Å². The summed E-state index contributed by atoms with van der Waals surface area (Å²) in [5, 5.41) is 7.71. The van der Waals surface area contributed by atoms with Crippen LogP contribution >= 0.6 is 11.6 Å². The zero-order valence-electron chi connectivity index (χ0n) is 14.4. The zero-order chi connectivity index (χ0) is 19.0. The van der Waals surface area contributed by atoms with Crippen molar-refractivity contribution in [2.24, 2.45) is 0 Å². The number of ether oxygens (including phenoxy) is 1. The lowest BCUT2D eigenvalue weighted by molar-refractivity contribution is 0.0936. The fourth-order valence-electron chi connectivity index (χ4n) is 3.18. The molecule has 27 heavy (non-hydrogen) atoms. The lowest BCUT2D eigenvalue weighted by Crippen LogP contribution is -2.27. The quantitative estimate of drug-likeness (QED) is 0.743. The maximum Gasteiger partial charge on any atom is 0.251 e. The Hall–Kier alpha value is -2.93. The smallest absolute Gasteiger partial charge is 0.251 e. The number of methoxy groups -OCH3 is 1. The Kier molecular flexibility index (Phi) is 4.53. The highest BCUT2D eigenvalue weighted by molar-refractivity contribution is 6.31. The van der Waals surface area contributed by atoms with Crippen LogP contribution in [0, 0.1) is 5.82 Å². The number of halogens is 2. The zero-order valence-corrected chi connectivity index (χ0v) is 15.2. The first-order valence-electron chi connectivity index (χ1n) is 8.38. The number of aryl methyl sites for hydroxylation is 1. The monoisotopic (exact) mass is 386 g/mol. The predicted octanol–water partition coefficient (Wildman–Crippen LogP) is 3.62. The Labute approximate surface area is 159 Å². The van der Waals surface area contributed by atoms with E-state index < -0.39 is 5.82 Å². The third kappa shape index (κ3) is 3.50. The molecular weight excluding hydrogens is 371 g/mol. The molecule has 0 saturated heterocycles. The number of amides is 1. The Morgan fingerprint density at radius 3 is 2.96 bits per heavy atom. The summed E-state index contributed by atoms with van der Waals surface area (Å²) >= 11 is 5.84. The van der Waals surface area contributed by atoms with E-state index in [1.54, 1.807) is 19.4 Å². The molecule has 0 bridgehead atoms. The molecule has 1 aromatic carbocycles. The van der Waals surface area contributed by atoms with E-state index in [4.69, 9.17) is 16.3 Å². The molecule has 1 atom stereocenters. The molecule has 0 spiro atoms. The first kappa shape index (κ1) is 17.5. The summed E-state index contributed by atoms with van der Waals surface area (Å²) in [4.78, 5) is 16.6. The molecule has 1 aliphatic heterocycles. The highest BCUT2D eigenvalue weighted by Gasteiger charge is 2.27. The van der Waals surface area contributed by atoms with Crippen LogP contribution in [0.25, 0.3) is 11.3 Å². The average Bonchev–Trinajstić information content (AvgIpc) is 3.23. The fourth-order valence-corrected chi connectivity index (χ4v) is 3.41. The van der Waals surface area contributed by atoms with Crippen LogP contribution in [0.2, 0.25) is 5.02 Å². The molecule has 6 nitrogen and oxygen atoms in total. The van der Waals surface area contributed by atoms with Gasteiger partial charge in [-0.05, 0) is 36.8 Å². The number of benzene rings is 1. The molecule has 1 N–H and O–H groups in total. The topological polar surface area (TPSA) is 69.0 Å². The predicted molar refractivity (Wildman–Crippen MR) is 98.2 cm³/mol. The summed E-state index contributed by atoms with van der Waals surface area (Å²) in [6, 6.07) is 9.17. The van der Waals surface area contributed by atoms with Crippen molar-refractivity contribution >= 4 is 17.5 Å². The minimum absolute atomic E-state index is 0.186. The molecule has 3 aromatic rings. The number of hydrogen-bond acceptors (Lipinski definition) is 4. The molecule has 0 fully saturated rings. The van der Waals surface area contributed by atoms with Crippen LogP contribution in [-0.2, 0) is 6.54 Å². The number of hydrogen-bond donors (Lipinski definition) is 1. The first-order valence-corrected chi connectivity index (χ1v) is 8.76. The third-order valence-corrected chi connectivity index (χ3v) is 4.69. The van der Waals surface area contributed by atoms with E-state index in [-0.39, 0.29) is 22.5 Å². The van der Waals surface area contributed by atoms with Gasteiger partial charge in [-0.15, -0.1) is 0 Å². The molecular formula is C19H16ClFN4O2. The van der Waals surface area contributed by atoms with Crippen LogP contribution in [-0.4, -0.2) is 27.8 Å². The maximum atomic E-state index is 13.5. The minimum Gasteiger partial charge on any atom is -0.481 e. The van der Waals surface area contributed by atoms with E-state index in [1.165, 1.54) is 12.1 Å². The van der Waals surface area contributed by atoms with Crippen LogP contribution in [0.15, 0.2) is 42.6 Å². The van der Waals surface area contributed by atoms with Crippen molar-refractivity contribution in [2.45, 2.75) is 19.0 Å². The molecule has 0 radical (unpaired) electrons. The van der Waals surface area contributed by atoms with Crippen molar-refractivity contribution in [3.05, 3.63) is 64.7 Å². The molecule has 3 heterocycles. The molecule has 2 aromatic heterocycles. The Morgan fingerprint density at radius 1 is 1.33 bits per heavy atom. The van der Waals surface area contributed by atoms with Crippen molar-refractivity contribution in [2.75, 3.05) is 7.11 Å². The number of carbonyl (C=O) groups excluding carboxylic acids is 1. The van der Waals surface area contributed by atoms with Gasteiger partial charge in [-0.1, -0.05) is 11.6 Å². The number of rotatable bonds is 4. The van der Waals surface area contributed by atoms with Gasteiger partial charge in [-0.3, -0.25) is 9.48 Å². The molecule has 0 unspecified atom stereocenters. The standard InChI is InChI=1S/C19H16ClFN4O2/c1-27-18-8-11(2-4-22-18)16-10-17-15(3-5-25(17)24-16)23-19(26)12-6-13(20)9-14(21)7-12/h2,4,6-10,15H,3,5H2,1H3,(H,23,26)/t15-/m0/s1. The number of aromatic nitrogens is 3. The number of nitrogens with one attached hydrogen (secondary N) is 1. The fraction of sp³-hybridized carbons (Fsp3) is 0.211. The third-order valence-electron chi connectivity index (χ3n) is 4.47. The van der Waals surface area contributed by atoms with Gasteiger partial charge in [0.2, 0.25) is 5.88 Å². The number of pyridine rings is 1. The van der Waals surface area contributed by atoms with Crippen LogP contribution in [0.5, 0.6) is 5.88 Å². The molecule has 138 valence electrons. The highest BCUT2D eigenvalue weighted by atomic mass is 35.5. The van der Waals surface area contributed by atoms with E-state index >= 15 is 0 Å². The average molecular weight is 387 g/mol. The minimum atomic E-state index is -0.543. The second kappa shape index (κ2) is 7.00. The van der Waals surface area contributed by atoms with Crippen molar-refractivity contribution in [3.63, 3.8) is 0 Å². The van der Waals surface area contributed by atoms with E-state index in [0.29, 0.717) is 12.4 Å². The molecule has 1 aliphatic rings.